The second kappa shape index (κ2) is 15.7. The van der Waals surface area contributed by atoms with E-state index in [0.29, 0.717) is 0 Å². The van der Waals surface area contributed by atoms with Crippen LogP contribution in [0.25, 0.3) is 0 Å². The van der Waals surface area contributed by atoms with Crippen LogP contribution in [-0.4, -0.2) is 90.6 Å². The summed E-state index contributed by atoms with van der Waals surface area (Å²) in [6.45, 7) is 0. The van der Waals surface area contributed by atoms with Gasteiger partial charge in [0.15, 0.2) is 0 Å². The van der Waals surface area contributed by atoms with Gasteiger partial charge in [-0.2, -0.15) is 40.6 Å². The zero-order valence-corrected chi connectivity index (χ0v) is 27.9. The molecule has 0 aliphatic rings. The monoisotopic (exact) mass is 756 g/mol. The maximum Gasteiger partial charge on any atom is 0.295 e. The zero-order valence-electron chi connectivity index (χ0n) is 25.4. The fraction of sp³-hybridized carbons (Fsp3) is 0. The van der Waals surface area contributed by atoms with Crippen LogP contribution in [0.5, 0.6) is 0 Å². The third-order valence-electron chi connectivity index (χ3n) is 6.35. The minimum Gasteiger partial charge on any atom is -0.492 e. The molecule has 0 atom stereocenters. The second-order valence-corrected chi connectivity index (χ2v) is 14.0. The number of aliphatic hydroxyl groups is 3. The summed E-state index contributed by atoms with van der Waals surface area (Å²) in [7, 11) is -13.9. The van der Waals surface area contributed by atoms with Crippen molar-refractivity contribution in [3.63, 3.8) is 0 Å². The molecule has 0 saturated carbocycles. The van der Waals surface area contributed by atoms with E-state index in [4.69, 9.17) is 0 Å². The summed E-state index contributed by atoms with van der Waals surface area (Å²) in [5.41, 5.74) is -0.972. The number of nitrogens with zero attached hydrogens (tertiary/aromatic N) is 6. The van der Waals surface area contributed by atoms with Crippen LogP contribution in [0.1, 0.15) is 33.4 Å². The van der Waals surface area contributed by atoms with Gasteiger partial charge in [-0.15, -0.1) is 15.3 Å². The lowest BCUT2D eigenvalue weighted by atomic mass is 10.1. The molecule has 0 aliphatic heterocycles. The quantitative estimate of drug-likeness (QED) is 0.0524. The van der Waals surface area contributed by atoms with Gasteiger partial charge in [-0.1, -0.05) is 54.6 Å². The highest BCUT2D eigenvalue weighted by Crippen LogP contribution is 2.17. The first kappa shape index (κ1) is 37.8. The Hall–Kier alpha value is -5.97. The summed E-state index contributed by atoms with van der Waals surface area (Å²) in [6.07, 6.45) is 2.75. The Morgan fingerprint density at radius 1 is 0.431 bits per heavy atom. The van der Waals surface area contributed by atoms with Gasteiger partial charge in [0.2, 0.25) is 17.7 Å². The molecule has 4 rings (SSSR count). The standard InChI is InChI=1S/C30H24N6O12S3/c37-28(34-31-16-19-7-1-4-10-25(19)49(40,41)42)22-13-23(29(38)35-32-17-20-8-2-5-11-26(20)50(43,44)45)15-24(14-22)30(39)36-33-18-21-9-3-6-12-27(21)51(46,47)48/h1-18H,(H,34,37)(H,35,38)(H,36,39)(H,40,41,42)(H,43,44,45)(H,46,47,48)/b31-16-,32-17-,33-18-. The topological polar surface area (TPSA) is 298 Å². The lowest BCUT2D eigenvalue weighted by molar-refractivity contribution is 0.481. The summed E-state index contributed by atoms with van der Waals surface area (Å²) in [5.74, 6) is -2.55. The largest absolute Gasteiger partial charge is 0.492 e. The van der Waals surface area contributed by atoms with E-state index in [0.717, 1.165) is 55.0 Å². The van der Waals surface area contributed by atoms with Gasteiger partial charge in [0.25, 0.3) is 30.4 Å². The normalized spacial score (nSPS) is 13.8. The number of hydrogen-bond donors (Lipinski definition) is 6. The first-order valence-corrected chi connectivity index (χ1v) is 18.0. The molecule has 0 bridgehead atoms. The van der Waals surface area contributed by atoms with Crippen molar-refractivity contribution in [1.82, 2.24) is 0 Å². The van der Waals surface area contributed by atoms with Gasteiger partial charge < -0.3 is 15.3 Å². The highest BCUT2D eigenvalue weighted by molar-refractivity contribution is 7.86. The first-order valence-electron chi connectivity index (χ1n) is 13.7. The molecule has 4 aromatic carbocycles. The van der Waals surface area contributed by atoms with Crippen LogP contribution in [0.2, 0.25) is 0 Å². The average molecular weight is 757 g/mol. The van der Waals surface area contributed by atoms with Crippen molar-refractivity contribution in [3.8, 4) is 0 Å². The number of hydrogen-bond acceptors (Lipinski definition) is 12. The first-order chi connectivity index (χ1) is 23.9. The predicted octanol–water partition coefficient (Wildman–Crippen LogP) is 3.44. The molecule has 51 heavy (non-hydrogen) atoms. The highest BCUT2D eigenvalue weighted by Gasteiger charge is 2.17. The lowest BCUT2D eigenvalue weighted by Gasteiger charge is -2.06. The molecule has 0 unspecified atom stereocenters. The van der Waals surface area contributed by atoms with Gasteiger partial charge in [0.1, 0.15) is 14.7 Å². The summed E-state index contributed by atoms with van der Waals surface area (Å²) >= 11 is 0. The van der Waals surface area contributed by atoms with Crippen molar-refractivity contribution in [1.29, 1.82) is 0 Å². The molecule has 0 fully saturated rings. The summed E-state index contributed by atoms with van der Waals surface area (Å²) in [5, 5.41) is 53.8. The van der Waals surface area contributed by atoms with Gasteiger partial charge >= 0.3 is 0 Å². The maximum absolute atomic E-state index is 11.7. The minimum atomic E-state index is -4.63. The van der Waals surface area contributed by atoms with E-state index in [-0.39, 0.29) is 33.4 Å². The molecule has 0 aliphatic carbocycles. The van der Waals surface area contributed by atoms with Crippen LogP contribution in [0, 0.1) is 0 Å². The maximum atomic E-state index is 11.7. The third kappa shape index (κ3) is 10.3. The summed E-state index contributed by atoms with van der Waals surface area (Å²) in [4.78, 5) is -1.47. The van der Waals surface area contributed by atoms with E-state index in [1.165, 1.54) is 54.6 Å². The number of benzene rings is 4. The Balaban J connectivity index is 1.76. The Bertz CT molecular complexity index is 2210. The molecule has 0 amide bonds. The summed E-state index contributed by atoms with van der Waals surface area (Å²) in [6, 6.07) is 18.9. The Morgan fingerprint density at radius 2 is 0.667 bits per heavy atom. The van der Waals surface area contributed by atoms with E-state index in [1.807, 2.05) is 0 Å². The number of rotatable bonds is 12. The molecule has 0 aromatic heterocycles. The fourth-order valence-corrected chi connectivity index (χ4v) is 6.10. The van der Waals surface area contributed by atoms with E-state index < -0.39 is 62.7 Å². The van der Waals surface area contributed by atoms with Gasteiger partial charge in [0.05, 0.1) is 18.6 Å². The van der Waals surface area contributed by atoms with Crippen LogP contribution < -0.4 is 0 Å². The smallest absolute Gasteiger partial charge is 0.295 e. The van der Waals surface area contributed by atoms with Crippen LogP contribution in [0.15, 0.2) is 136 Å². The van der Waals surface area contributed by atoms with Crippen LogP contribution >= 0.6 is 0 Å². The van der Waals surface area contributed by atoms with E-state index >= 15 is 0 Å². The van der Waals surface area contributed by atoms with E-state index in [9.17, 15) is 54.2 Å². The van der Waals surface area contributed by atoms with Crippen molar-refractivity contribution in [2.24, 2.45) is 30.6 Å². The molecule has 18 nitrogen and oxygen atoms in total. The van der Waals surface area contributed by atoms with Crippen molar-refractivity contribution in [3.05, 3.63) is 124 Å². The molecule has 4 aromatic rings. The molecule has 0 radical (unpaired) electrons. The SMILES string of the molecule is O=S(=O)(O)c1ccccc1/C=N\N=C(O)c1cc(C(O)=N/N=C\c2ccccc2S(=O)(=O)O)cc(C(O)=N/N=C\c2ccccc2S(=O)(=O)O)c1. The molecule has 0 heterocycles. The summed E-state index contributed by atoms with van der Waals surface area (Å²) < 4.78 is 98.2. The molecular weight excluding hydrogens is 733 g/mol. The van der Waals surface area contributed by atoms with Gasteiger partial charge in [-0.25, -0.2) is 0 Å². The fourth-order valence-electron chi connectivity index (χ4n) is 4.09. The van der Waals surface area contributed by atoms with Crippen molar-refractivity contribution < 1.29 is 54.2 Å². The molecular formula is C30H24N6O12S3. The second-order valence-electron chi connectivity index (χ2n) is 9.84. The highest BCUT2D eigenvalue weighted by atomic mass is 32.2. The van der Waals surface area contributed by atoms with Gasteiger partial charge in [0, 0.05) is 33.4 Å². The molecule has 21 heteroatoms. The van der Waals surface area contributed by atoms with Gasteiger partial charge in [-0.05, 0) is 36.4 Å². The van der Waals surface area contributed by atoms with Crippen molar-refractivity contribution in [2.75, 3.05) is 0 Å². The molecule has 6 N–H and O–H groups in total. The van der Waals surface area contributed by atoms with Gasteiger partial charge in [-0.3, -0.25) is 13.7 Å². The predicted molar refractivity (Wildman–Crippen MR) is 185 cm³/mol. The van der Waals surface area contributed by atoms with Crippen molar-refractivity contribution >= 4 is 66.7 Å². The lowest BCUT2D eigenvalue weighted by Crippen LogP contribution is -2.09. The third-order valence-corrected chi connectivity index (χ3v) is 9.13. The Kier molecular flexibility index (Phi) is 11.7. The van der Waals surface area contributed by atoms with Crippen LogP contribution in [0.3, 0.4) is 0 Å². The Morgan fingerprint density at radius 3 is 0.902 bits per heavy atom. The molecule has 0 saturated heterocycles. The number of aliphatic hydroxyl groups excluding tert-OH is 3. The molecule has 264 valence electrons. The van der Waals surface area contributed by atoms with E-state index in [1.54, 1.807) is 0 Å². The van der Waals surface area contributed by atoms with Crippen LogP contribution in [-0.2, 0) is 30.4 Å². The minimum absolute atomic E-state index is 0.0811. The Labute approximate surface area is 289 Å². The van der Waals surface area contributed by atoms with E-state index in [2.05, 4.69) is 30.6 Å². The molecule has 0 spiro atoms. The average Bonchev–Trinajstić information content (AvgIpc) is 3.07. The van der Waals surface area contributed by atoms with Crippen molar-refractivity contribution in [2.45, 2.75) is 14.7 Å². The zero-order chi connectivity index (χ0) is 37.4. The van der Waals surface area contributed by atoms with Crippen LogP contribution in [0.4, 0.5) is 0 Å².